The van der Waals surface area contributed by atoms with E-state index < -0.39 is 0 Å². The van der Waals surface area contributed by atoms with E-state index in [0.29, 0.717) is 36.7 Å². The van der Waals surface area contributed by atoms with E-state index in [2.05, 4.69) is 20.4 Å². The lowest BCUT2D eigenvalue weighted by Crippen LogP contribution is -2.46. The highest BCUT2D eigenvalue weighted by molar-refractivity contribution is 5.76. The zero-order valence-electron chi connectivity index (χ0n) is 14.4. The van der Waals surface area contributed by atoms with Crippen LogP contribution in [0.5, 0.6) is 0 Å². The Hall–Kier alpha value is -2.21. The van der Waals surface area contributed by atoms with E-state index in [9.17, 15) is 4.79 Å². The molecule has 1 aromatic heterocycles. The molecule has 0 spiro atoms. The fourth-order valence-electron chi connectivity index (χ4n) is 3.97. The van der Waals surface area contributed by atoms with Crippen molar-refractivity contribution in [1.82, 2.24) is 20.4 Å². The van der Waals surface area contributed by atoms with Crippen LogP contribution in [0.25, 0.3) is 11.5 Å². The van der Waals surface area contributed by atoms with Crippen molar-refractivity contribution in [3.63, 3.8) is 0 Å². The van der Waals surface area contributed by atoms with Gasteiger partial charge in [-0.2, -0.15) is 0 Å². The lowest BCUT2D eigenvalue weighted by molar-refractivity contribution is -0.122. The number of piperidine rings is 1. The number of nitrogens with zero attached hydrogens (tertiary/aromatic N) is 3. The molecule has 0 unspecified atom stereocenters. The summed E-state index contributed by atoms with van der Waals surface area (Å²) in [4.78, 5) is 14.8. The highest BCUT2D eigenvalue weighted by Crippen LogP contribution is 2.27. The first kappa shape index (κ1) is 16.3. The molecule has 2 aliphatic heterocycles. The molecule has 0 aliphatic carbocycles. The number of fused-ring (bicyclic) bond motifs is 1. The van der Waals surface area contributed by atoms with E-state index in [-0.39, 0.29) is 5.91 Å². The third kappa shape index (κ3) is 3.74. The minimum atomic E-state index is 0.0804. The summed E-state index contributed by atoms with van der Waals surface area (Å²) in [5.41, 5.74) is 0.897. The van der Waals surface area contributed by atoms with Gasteiger partial charge in [0.1, 0.15) is 0 Å². The van der Waals surface area contributed by atoms with Crippen molar-refractivity contribution in [2.45, 2.75) is 50.6 Å². The molecule has 1 amide bonds. The fraction of sp³-hybridized carbons (Fsp3) is 0.526. The average molecular weight is 340 g/mol. The van der Waals surface area contributed by atoms with Gasteiger partial charge >= 0.3 is 0 Å². The summed E-state index contributed by atoms with van der Waals surface area (Å²) in [6.45, 7) is 2.29. The van der Waals surface area contributed by atoms with Crippen LogP contribution < -0.4 is 5.32 Å². The number of rotatable bonds is 5. The Balaban J connectivity index is 1.28. The largest absolute Gasteiger partial charge is 0.421 e. The van der Waals surface area contributed by atoms with Crippen LogP contribution in [0.3, 0.4) is 0 Å². The van der Waals surface area contributed by atoms with Crippen LogP contribution in [0.1, 0.15) is 38.0 Å². The molecular weight excluding hydrogens is 316 g/mol. The zero-order chi connectivity index (χ0) is 17.1. The maximum Gasteiger partial charge on any atom is 0.247 e. The van der Waals surface area contributed by atoms with Crippen molar-refractivity contribution >= 4 is 5.91 Å². The van der Waals surface area contributed by atoms with Gasteiger partial charge in [0.25, 0.3) is 0 Å². The summed E-state index contributed by atoms with van der Waals surface area (Å²) in [6.07, 6.45) is 5.70. The second-order valence-electron chi connectivity index (χ2n) is 6.93. The Labute approximate surface area is 147 Å². The standard InChI is InChI=1S/C19H24N4O2/c24-17(20-15-11-13-23-12-5-4-8-16(15)23)9-10-18-21-22-19(25-18)14-6-2-1-3-7-14/h1-3,6-7,15-16H,4-5,8-13H2,(H,20,24)/t15-,16+/m1/s1. The molecule has 0 radical (unpaired) electrons. The number of nitrogens with one attached hydrogen (secondary N) is 1. The number of hydrogen-bond acceptors (Lipinski definition) is 5. The highest BCUT2D eigenvalue weighted by Gasteiger charge is 2.36. The van der Waals surface area contributed by atoms with E-state index in [1.807, 2.05) is 30.3 Å². The number of benzene rings is 1. The molecule has 0 bridgehead atoms. The third-order valence-electron chi connectivity index (χ3n) is 5.26. The van der Waals surface area contributed by atoms with Crippen LogP contribution in [-0.4, -0.2) is 46.2 Å². The Morgan fingerprint density at radius 2 is 2.04 bits per heavy atom. The molecule has 25 heavy (non-hydrogen) atoms. The van der Waals surface area contributed by atoms with Gasteiger partial charge in [-0.1, -0.05) is 24.6 Å². The molecule has 0 saturated carbocycles. The number of aromatic nitrogens is 2. The van der Waals surface area contributed by atoms with Gasteiger partial charge in [-0.05, 0) is 37.9 Å². The molecule has 2 aromatic rings. The minimum absolute atomic E-state index is 0.0804. The SMILES string of the molecule is O=C(CCc1nnc(-c2ccccc2)o1)N[C@@H]1CCN2CCCC[C@@H]12. The van der Waals surface area contributed by atoms with Crippen molar-refractivity contribution in [2.75, 3.05) is 13.1 Å². The monoisotopic (exact) mass is 340 g/mol. The first-order valence-electron chi connectivity index (χ1n) is 9.21. The molecule has 1 aromatic carbocycles. The van der Waals surface area contributed by atoms with Crippen molar-refractivity contribution in [3.8, 4) is 11.5 Å². The molecule has 1 N–H and O–H groups in total. The van der Waals surface area contributed by atoms with Gasteiger partial charge in [-0.3, -0.25) is 9.69 Å². The first-order valence-corrected chi connectivity index (χ1v) is 9.21. The van der Waals surface area contributed by atoms with Gasteiger partial charge in [0.2, 0.25) is 17.7 Å². The number of aryl methyl sites for hydroxylation is 1. The lowest BCUT2D eigenvalue weighted by atomic mass is 9.99. The molecule has 4 rings (SSSR count). The predicted octanol–water partition coefficient (Wildman–Crippen LogP) is 2.41. The van der Waals surface area contributed by atoms with Crippen molar-refractivity contribution in [3.05, 3.63) is 36.2 Å². The van der Waals surface area contributed by atoms with E-state index in [1.54, 1.807) is 0 Å². The summed E-state index contributed by atoms with van der Waals surface area (Å²) < 4.78 is 5.67. The van der Waals surface area contributed by atoms with Crippen molar-refractivity contribution < 1.29 is 9.21 Å². The maximum atomic E-state index is 12.3. The fourth-order valence-corrected chi connectivity index (χ4v) is 3.97. The van der Waals surface area contributed by atoms with Crippen molar-refractivity contribution in [1.29, 1.82) is 0 Å². The molecular formula is C19H24N4O2. The highest BCUT2D eigenvalue weighted by atomic mass is 16.4. The normalized spacial score (nSPS) is 23.4. The first-order chi connectivity index (χ1) is 12.3. The minimum Gasteiger partial charge on any atom is -0.421 e. The molecule has 6 nitrogen and oxygen atoms in total. The summed E-state index contributed by atoms with van der Waals surface area (Å²) in [5, 5.41) is 11.3. The van der Waals surface area contributed by atoms with Crippen LogP contribution in [0.2, 0.25) is 0 Å². The molecule has 2 atom stereocenters. The number of carbonyl (C=O) groups is 1. The maximum absolute atomic E-state index is 12.3. The Morgan fingerprint density at radius 3 is 2.92 bits per heavy atom. The summed E-state index contributed by atoms with van der Waals surface area (Å²) >= 11 is 0. The number of carbonyl (C=O) groups excluding carboxylic acids is 1. The second kappa shape index (κ2) is 7.35. The summed E-state index contributed by atoms with van der Waals surface area (Å²) in [6, 6.07) is 10.5. The van der Waals surface area contributed by atoms with Crippen LogP contribution >= 0.6 is 0 Å². The topological polar surface area (TPSA) is 71.3 Å². The molecule has 2 fully saturated rings. The van der Waals surface area contributed by atoms with Gasteiger partial charge in [0.05, 0.1) is 0 Å². The van der Waals surface area contributed by atoms with Gasteiger partial charge in [-0.15, -0.1) is 10.2 Å². The van der Waals surface area contributed by atoms with Gasteiger partial charge in [-0.25, -0.2) is 0 Å². The second-order valence-corrected chi connectivity index (χ2v) is 6.93. The Bertz CT molecular complexity index is 715. The van der Waals surface area contributed by atoms with E-state index in [0.717, 1.165) is 18.5 Å². The van der Waals surface area contributed by atoms with E-state index >= 15 is 0 Å². The van der Waals surface area contributed by atoms with Crippen molar-refractivity contribution in [2.24, 2.45) is 0 Å². The molecule has 3 heterocycles. The molecule has 2 aliphatic rings. The van der Waals surface area contributed by atoms with Crippen LogP contribution in [0, 0.1) is 0 Å². The van der Waals surface area contributed by atoms with Crippen LogP contribution in [0.4, 0.5) is 0 Å². The molecule has 132 valence electrons. The molecule has 2 saturated heterocycles. The average Bonchev–Trinajstić information content (AvgIpc) is 3.28. The Kier molecular flexibility index (Phi) is 4.78. The van der Waals surface area contributed by atoms with E-state index in [4.69, 9.17) is 4.42 Å². The van der Waals surface area contributed by atoms with Gasteiger partial charge in [0.15, 0.2) is 0 Å². The van der Waals surface area contributed by atoms with Crippen LogP contribution in [-0.2, 0) is 11.2 Å². The van der Waals surface area contributed by atoms with Gasteiger partial charge in [0, 0.05) is 37.0 Å². The van der Waals surface area contributed by atoms with Crippen LogP contribution in [0.15, 0.2) is 34.7 Å². The lowest BCUT2D eigenvalue weighted by Gasteiger charge is -2.32. The number of hydrogen-bond donors (Lipinski definition) is 1. The molecule has 6 heteroatoms. The third-order valence-corrected chi connectivity index (χ3v) is 5.26. The smallest absolute Gasteiger partial charge is 0.247 e. The van der Waals surface area contributed by atoms with Gasteiger partial charge < -0.3 is 9.73 Å². The summed E-state index contributed by atoms with van der Waals surface area (Å²) in [5.74, 6) is 1.10. The Morgan fingerprint density at radius 1 is 1.16 bits per heavy atom. The zero-order valence-corrected chi connectivity index (χ0v) is 14.4. The summed E-state index contributed by atoms with van der Waals surface area (Å²) in [7, 11) is 0. The predicted molar refractivity (Wildman–Crippen MR) is 93.8 cm³/mol. The quantitative estimate of drug-likeness (QED) is 0.905. The number of amides is 1. The van der Waals surface area contributed by atoms with E-state index in [1.165, 1.54) is 25.8 Å².